The van der Waals surface area contributed by atoms with Crippen molar-refractivity contribution in [1.29, 1.82) is 0 Å². The van der Waals surface area contributed by atoms with Crippen LogP contribution < -0.4 is 10.2 Å². The normalized spacial score (nSPS) is 27.2. The molecule has 1 N–H and O–H groups in total. The molecule has 6 nitrogen and oxygen atoms in total. The third-order valence-electron chi connectivity index (χ3n) is 6.90. The van der Waals surface area contributed by atoms with E-state index in [1.807, 2.05) is 23.2 Å². The number of piperazine rings is 1. The number of carbonyl (C=O) groups excluding carboxylic acids is 1. The van der Waals surface area contributed by atoms with Gasteiger partial charge in [0.25, 0.3) is 0 Å². The number of rotatable bonds is 3. The summed E-state index contributed by atoms with van der Waals surface area (Å²) in [4.78, 5) is 24.4. The van der Waals surface area contributed by atoms with Gasteiger partial charge in [-0.15, -0.1) is 0 Å². The topological polar surface area (TPSA) is 51.7 Å². The number of hydrogen-bond acceptors (Lipinski definition) is 4. The Morgan fingerprint density at radius 2 is 1.68 bits per heavy atom. The van der Waals surface area contributed by atoms with Crippen LogP contribution in [0.3, 0.4) is 0 Å². The molecule has 4 rings (SSSR count). The highest BCUT2D eigenvalue weighted by molar-refractivity contribution is 5.90. The summed E-state index contributed by atoms with van der Waals surface area (Å²) in [6.45, 7) is 8.56. The van der Waals surface area contributed by atoms with Crippen LogP contribution in [0.2, 0.25) is 0 Å². The average molecular weight is 386 g/mol. The summed E-state index contributed by atoms with van der Waals surface area (Å²) in [5.74, 6) is 0.976. The Morgan fingerprint density at radius 1 is 1.00 bits per heavy atom. The molecule has 2 saturated heterocycles. The molecule has 3 heterocycles. The lowest BCUT2D eigenvalue weighted by molar-refractivity contribution is 0.133. The van der Waals surface area contributed by atoms with E-state index >= 15 is 0 Å². The van der Waals surface area contributed by atoms with Crippen LogP contribution in [0.5, 0.6) is 0 Å². The van der Waals surface area contributed by atoms with Crippen LogP contribution in [0.1, 0.15) is 58.8 Å². The largest absolute Gasteiger partial charge is 0.354 e. The number of piperidine rings is 1. The second-order valence-electron chi connectivity index (χ2n) is 8.83. The molecule has 3 aliphatic rings. The molecule has 2 atom stereocenters. The van der Waals surface area contributed by atoms with E-state index in [1.165, 1.54) is 32.1 Å². The highest BCUT2D eigenvalue weighted by Crippen LogP contribution is 2.27. The van der Waals surface area contributed by atoms with Crippen molar-refractivity contribution in [2.24, 2.45) is 0 Å². The highest BCUT2D eigenvalue weighted by atomic mass is 16.2. The summed E-state index contributed by atoms with van der Waals surface area (Å²) in [6, 6.07) is 5.34. The number of nitrogens with one attached hydrogen (secondary N) is 1. The summed E-state index contributed by atoms with van der Waals surface area (Å²) in [7, 11) is 0. The zero-order valence-corrected chi connectivity index (χ0v) is 17.4. The number of carbonyl (C=O) groups is 1. The van der Waals surface area contributed by atoms with E-state index in [1.54, 1.807) is 0 Å². The van der Waals surface area contributed by atoms with Crippen LogP contribution in [0.25, 0.3) is 0 Å². The number of likely N-dealkylation sites (tertiary alicyclic amines) is 1. The molecule has 0 aromatic carbocycles. The zero-order valence-electron chi connectivity index (χ0n) is 17.4. The van der Waals surface area contributed by atoms with E-state index in [0.29, 0.717) is 12.1 Å². The standard InChI is InChI=1S/C22H35N5O/c1-17-6-5-7-18(2)27(17)22(28)24-19-10-11-23-21(16-19)26-14-12-25(13-15-26)20-8-3-4-9-20/h10-11,16-18,20H,3-9,12-15H2,1-2H3,(H,23,24,28)/t17-,18-/m1/s1. The van der Waals surface area contributed by atoms with Crippen LogP contribution >= 0.6 is 0 Å². The molecule has 1 saturated carbocycles. The Labute approximate surface area is 169 Å². The first-order chi connectivity index (χ1) is 13.6. The van der Waals surface area contributed by atoms with Crippen molar-refractivity contribution in [2.75, 3.05) is 36.4 Å². The monoisotopic (exact) mass is 385 g/mol. The molecule has 0 unspecified atom stereocenters. The molecule has 1 aliphatic carbocycles. The average Bonchev–Trinajstić information content (AvgIpc) is 3.23. The number of pyridine rings is 1. The molecule has 2 amide bonds. The molecular weight excluding hydrogens is 350 g/mol. The quantitative estimate of drug-likeness (QED) is 0.856. The SMILES string of the molecule is C[C@@H]1CCC[C@@H](C)N1C(=O)Nc1ccnc(N2CCN(C3CCCC3)CC2)c1. The zero-order chi connectivity index (χ0) is 19.5. The van der Waals surface area contributed by atoms with Gasteiger partial charge in [0.1, 0.15) is 5.82 Å². The van der Waals surface area contributed by atoms with E-state index < -0.39 is 0 Å². The third kappa shape index (κ3) is 4.27. The van der Waals surface area contributed by atoms with Gasteiger partial charge in [-0.2, -0.15) is 0 Å². The fraction of sp³-hybridized carbons (Fsp3) is 0.727. The van der Waals surface area contributed by atoms with Crippen molar-refractivity contribution in [2.45, 2.75) is 76.9 Å². The van der Waals surface area contributed by atoms with Gasteiger partial charge in [0, 0.05) is 62.3 Å². The van der Waals surface area contributed by atoms with Crippen molar-refractivity contribution in [3.05, 3.63) is 18.3 Å². The number of anilines is 2. The van der Waals surface area contributed by atoms with Crippen LogP contribution in [0, 0.1) is 0 Å². The minimum Gasteiger partial charge on any atom is -0.354 e. The van der Waals surface area contributed by atoms with Gasteiger partial charge in [-0.1, -0.05) is 12.8 Å². The van der Waals surface area contributed by atoms with E-state index in [9.17, 15) is 4.79 Å². The first-order valence-corrected chi connectivity index (χ1v) is 11.2. The van der Waals surface area contributed by atoms with E-state index in [4.69, 9.17) is 0 Å². The van der Waals surface area contributed by atoms with Crippen molar-refractivity contribution in [3.8, 4) is 0 Å². The lowest BCUT2D eigenvalue weighted by Gasteiger charge is -2.39. The van der Waals surface area contributed by atoms with Gasteiger partial charge in [0.15, 0.2) is 0 Å². The fourth-order valence-corrected chi connectivity index (χ4v) is 5.26. The Balaban J connectivity index is 1.36. The molecule has 28 heavy (non-hydrogen) atoms. The molecule has 0 bridgehead atoms. The molecule has 6 heteroatoms. The molecular formula is C22H35N5O. The lowest BCUT2D eigenvalue weighted by Crippen LogP contribution is -2.50. The van der Waals surface area contributed by atoms with Crippen LogP contribution in [-0.2, 0) is 0 Å². The van der Waals surface area contributed by atoms with Crippen molar-refractivity contribution in [3.63, 3.8) is 0 Å². The second kappa shape index (κ2) is 8.68. The number of nitrogens with zero attached hydrogens (tertiary/aromatic N) is 4. The highest BCUT2D eigenvalue weighted by Gasteiger charge is 2.29. The first kappa shape index (κ1) is 19.5. The smallest absolute Gasteiger partial charge is 0.322 e. The Bertz CT molecular complexity index is 657. The van der Waals surface area contributed by atoms with Gasteiger partial charge in [0.2, 0.25) is 0 Å². The van der Waals surface area contributed by atoms with E-state index in [0.717, 1.165) is 56.6 Å². The lowest BCUT2D eigenvalue weighted by atomic mass is 9.98. The Morgan fingerprint density at radius 3 is 2.36 bits per heavy atom. The van der Waals surface area contributed by atoms with Gasteiger partial charge < -0.3 is 15.1 Å². The molecule has 2 aliphatic heterocycles. The van der Waals surface area contributed by atoms with Gasteiger partial charge >= 0.3 is 6.03 Å². The number of amides is 2. The minimum atomic E-state index is 0.0166. The van der Waals surface area contributed by atoms with Gasteiger partial charge in [-0.05, 0) is 52.0 Å². The molecule has 1 aromatic heterocycles. The molecule has 0 spiro atoms. The predicted molar refractivity (Wildman–Crippen MR) is 114 cm³/mol. The van der Waals surface area contributed by atoms with Crippen molar-refractivity contribution in [1.82, 2.24) is 14.8 Å². The van der Waals surface area contributed by atoms with Crippen LogP contribution in [-0.4, -0.2) is 65.1 Å². The second-order valence-corrected chi connectivity index (χ2v) is 8.83. The number of aromatic nitrogens is 1. The number of hydrogen-bond donors (Lipinski definition) is 1. The van der Waals surface area contributed by atoms with Crippen molar-refractivity contribution < 1.29 is 4.79 Å². The first-order valence-electron chi connectivity index (χ1n) is 11.2. The van der Waals surface area contributed by atoms with Crippen LogP contribution in [0.15, 0.2) is 18.3 Å². The van der Waals surface area contributed by atoms with Crippen molar-refractivity contribution >= 4 is 17.5 Å². The predicted octanol–water partition coefficient (Wildman–Crippen LogP) is 3.94. The summed E-state index contributed by atoms with van der Waals surface area (Å²) < 4.78 is 0. The third-order valence-corrected chi connectivity index (χ3v) is 6.90. The maximum Gasteiger partial charge on any atom is 0.322 e. The number of urea groups is 1. The summed E-state index contributed by atoms with van der Waals surface area (Å²) in [5, 5.41) is 3.12. The Hall–Kier alpha value is -1.82. The van der Waals surface area contributed by atoms with Crippen LogP contribution in [0.4, 0.5) is 16.3 Å². The minimum absolute atomic E-state index is 0.0166. The molecule has 0 radical (unpaired) electrons. The van der Waals surface area contributed by atoms with Gasteiger partial charge in [-0.25, -0.2) is 9.78 Å². The van der Waals surface area contributed by atoms with Gasteiger partial charge in [0.05, 0.1) is 0 Å². The summed E-state index contributed by atoms with van der Waals surface area (Å²) in [5.41, 5.74) is 0.846. The summed E-state index contributed by atoms with van der Waals surface area (Å²) >= 11 is 0. The maximum atomic E-state index is 12.8. The Kier molecular flexibility index (Phi) is 6.04. The molecule has 1 aromatic rings. The van der Waals surface area contributed by atoms with Gasteiger partial charge in [-0.3, -0.25) is 4.90 Å². The maximum absolute atomic E-state index is 12.8. The molecule has 154 valence electrons. The summed E-state index contributed by atoms with van der Waals surface area (Å²) in [6.07, 6.45) is 10.7. The van der Waals surface area contributed by atoms with E-state index in [-0.39, 0.29) is 6.03 Å². The molecule has 3 fully saturated rings. The van der Waals surface area contributed by atoms with E-state index in [2.05, 4.69) is 33.9 Å². The fourth-order valence-electron chi connectivity index (χ4n) is 5.26.